The highest BCUT2D eigenvalue weighted by Crippen LogP contribution is 2.42. The molecule has 4 rings (SSSR count). The van der Waals surface area contributed by atoms with Gasteiger partial charge < -0.3 is 9.52 Å². The number of aliphatic hydroxyl groups excluding tert-OH is 1. The van der Waals surface area contributed by atoms with Gasteiger partial charge in [-0.1, -0.05) is 23.2 Å². The maximum Gasteiger partial charge on any atom is 0.300 e. The van der Waals surface area contributed by atoms with Gasteiger partial charge in [-0.05, 0) is 60.7 Å². The van der Waals surface area contributed by atoms with Crippen molar-refractivity contribution < 1.29 is 19.1 Å². The lowest BCUT2D eigenvalue weighted by Crippen LogP contribution is -2.29. The Labute approximate surface area is 170 Å². The second-order valence-corrected chi connectivity index (χ2v) is 7.04. The van der Waals surface area contributed by atoms with Gasteiger partial charge in [0.05, 0.1) is 11.8 Å². The second-order valence-electron chi connectivity index (χ2n) is 6.17. The molecule has 7 heteroatoms. The van der Waals surface area contributed by atoms with Gasteiger partial charge in [0.1, 0.15) is 17.6 Å². The fraction of sp³-hybridized carbons (Fsp3) is 0.0476. The van der Waals surface area contributed by atoms with Crippen LogP contribution in [0.4, 0.5) is 5.69 Å². The van der Waals surface area contributed by atoms with Crippen molar-refractivity contribution in [3.8, 4) is 0 Å². The summed E-state index contributed by atoms with van der Waals surface area (Å²) < 4.78 is 5.49. The molecule has 5 nitrogen and oxygen atoms in total. The first-order valence-corrected chi connectivity index (χ1v) is 9.09. The summed E-state index contributed by atoms with van der Waals surface area (Å²) in [5, 5.41) is 11.8. The topological polar surface area (TPSA) is 70.8 Å². The Morgan fingerprint density at radius 1 is 0.929 bits per heavy atom. The monoisotopic (exact) mass is 413 g/mol. The fourth-order valence-electron chi connectivity index (χ4n) is 3.18. The summed E-state index contributed by atoms with van der Waals surface area (Å²) in [5.74, 6) is -1.51. The molecule has 0 spiro atoms. The Hall–Kier alpha value is -3.02. The molecule has 1 aliphatic rings. The van der Waals surface area contributed by atoms with Crippen LogP contribution in [0.3, 0.4) is 0 Å². The Bertz CT molecular complexity index is 1070. The zero-order chi connectivity index (χ0) is 19.8. The van der Waals surface area contributed by atoms with E-state index >= 15 is 0 Å². The highest BCUT2D eigenvalue weighted by atomic mass is 35.5. The molecule has 1 saturated heterocycles. The number of nitrogens with zero attached hydrogens (tertiary/aromatic N) is 1. The van der Waals surface area contributed by atoms with Crippen molar-refractivity contribution in [2.75, 3.05) is 4.90 Å². The van der Waals surface area contributed by atoms with Crippen molar-refractivity contribution in [3.63, 3.8) is 0 Å². The maximum absolute atomic E-state index is 12.8. The Balaban J connectivity index is 1.91. The number of aliphatic hydroxyl groups is 1. The summed E-state index contributed by atoms with van der Waals surface area (Å²) >= 11 is 11.8. The number of hydrogen-bond donors (Lipinski definition) is 1. The Morgan fingerprint density at radius 2 is 1.54 bits per heavy atom. The molecule has 1 unspecified atom stereocenters. The quantitative estimate of drug-likeness (QED) is 0.363. The van der Waals surface area contributed by atoms with E-state index in [1.54, 1.807) is 60.7 Å². The predicted octanol–water partition coefficient (Wildman–Crippen LogP) is 5.21. The number of amides is 1. The van der Waals surface area contributed by atoms with Crippen LogP contribution in [0.25, 0.3) is 5.76 Å². The smallest absolute Gasteiger partial charge is 0.300 e. The molecule has 2 aromatic carbocycles. The van der Waals surface area contributed by atoms with Crippen LogP contribution in [0, 0.1) is 0 Å². The highest BCUT2D eigenvalue weighted by Gasteiger charge is 2.48. The fourth-order valence-corrected chi connectivity index (χ4v) is 3.43. The Morgan fingerprint density at radius 3 is 2.11 bits per heavy atom. The number of Topliss-reactive ketones (excluding diaryl/α,β-unsaturated/α-hetero) is 1. The van der Waals surface area contributed by atoms with Crippen LogP contribution < -0.4 is 4.90 Å². The molecule has 1 amide bonds. The first kappa shape index (κ1) is 18.3. The van der Waals surface area contributed by atoms with Crippen LogP contribution in [0.5, 0.6) is 0 Å². The number of halogens is 2. The molecule has 140 valence electrons. The number of rotatable bonds is 3. The van der Waals surface area contributed by atoms with E-state index in [0.29, 0.717) is 27.1 Å². The Kier molecular flexibility index (Phi) is 4.71. The molecule has 28 heavy (non-hydrogen) atoms. The third-order valence-electron chi connectivity index (χ3n) is 4.48. The van der Waals surface area contributed by atoms with E-state index in [1.807, 2.05) is 0 Å². The van der Waals surface area contributed by atoms with Crippen LogP contribution in [0.2, 0.25) is 10.0 Å². The number of anilines is 1. The molecule has 0 bridgehead atoms. The van der Waals surface area contributed by atoms with Gasteiger partial charge in [-0.15, -0.1) is 0 Å². The molecule has 0 saturated carbocycles. The molecule has 1 fully saturated rings. The average Bonchev–Trinajstić information content (AvgIpc) is 3.30. The summed E-state index contributed by atoms with van der Waals surface area (Å²) in [7, 11) is 0. The van der Waals surface area contributed by atoms with Gasteiger partial charge in [-0.3, -0.25) is 14.5 Å². The van der Waals surface area contributed by atoms with Crippen LogP contribution in [0.15, 0.2) is 76.9 Å². The number of hydrogen-bond acceptors (Lipinski definition) is 4. The minimum Gasteiger partial charge on any atom is -0.507 e. The largest absolute Gasteiger partial charge is 0.507 e. The summed E-state index contributed by atoms with van der Waals surface area (Å²) in [6.45, 7) is 0. The van der Waals surface area contributed by atoms with Crippen molar-refractivity contribution in [2.24, 2.45) is 0 Å². The minimum absolute atomic E-state index is 0.0581. The summed E-state index contributed by atoms with van der Waals surface area (Å²) in [6, 6.07) is 15.2. The van der Waals surface area contributed by atoms with E-state index in [-0.39, 0.29) is 11.3 Å². The van der Waals surface area contributed by atoms with E-state index in [1.165, 1.54) is 11.2 Å². The zero-order valence-electron chi connectivity index (χ0n) is 14.3. The number of carbonyl (C=O) groups excluding carboxylic acids is 2. The van der Waals surface area contributed by atoms with Crippen LogP contribution >= 0.6 is 23.2 Å². The van der Waals surface area contributed by atoms with Gasteiger partial charge >= 0.3 is 0 Å². The van der Waals surface area contributed by atoms with E-state index in [2.05, 4.69) is 0 Å². The van der Waals surface area contributed by atoms with E-state index in [9.17, 15) is 14.7 Å². The summed E-state index contributed by atoms with van der Waals surface area (Å²) in [4.78, 5) is 27.0. The molecular weight excluding hydrogens is 401 g/mol. The van der Waals surface area contributed by atoms with Crippen molar-refractivity contribution in [2.45, 2.75) is 6.04 Å². The van der Waals surface area contributed by atoms with Gasteiger partial charge in [0.25, 0.3) is 11.7 Å². The predicted molar refractivity (Wildman–Crippen MR) is 106 cm³/mol. The zero-order valence-corrected chi connectivity index (χ0v) is 15.8. The standard InChI is InChI=1S/C21H13Cl2NO4/c22-13-5-3-12(4-6-13)19(25)17-18(16-2-1-11-28-16)24(21(27)20(17)26)15-9-7-14(23)8-10-15/h1-11,18,25H/b19-17-. The van der Waals surface area contributed by atoms with Gasteiger partial charge in [-0.25, -0.2) is 0 Å². The second kappa shape index (κ2) is 7.19. The first-order chi connectivity index (χ1) is 13.5. The molecule has 1 aliphatic heterocycles. The highest BCUT2D eigenvalue weighted by molar-refractivity contribution is 6.51. The maximum atomic E-state index is 12.8. The lowest BCUT2D eigenvalue weighted by Gasteiger charge is -2.23. The molecule has 1 aromatic heterocycles. The van der Waals surface area contributed by atoms with Crippen LogP contribution in [-0.4, -0.2) is 16.8 Å². The van der Waals surface area contributed by atoms with E-state index < -0.39 is 17.7 Å². The summed E-state index contributed by atoms with van der Waals surface area (Å²) in [5.41, 5.74) is 0.773. The lowest BCUT2D eigenvalue weighted by atomic mass is 9.99. The molecule has 0 radical (unpaired) electrons. The number of ketones is 1. The molecule has 1 N–H and O–H groups in total. The van der Waals surface area contributed by atoms with Crippen LogP contribution in [-0.2, 0) is 9.59 Å². The van der Waals surface area contributed by atoms with E-state index in [0.717, 1.165) is 0 Å². The SMILES string of the molecule is O=C1C(=O)N(c2ccc(Cl)cc2)C(c2ccco2)/C1=C(/O)c1ccc(Cl)cc1. The number of benzene rings is 2. The lowest BCUT2D eigenvalue weighted by molar-refractivity contribution is -0.132. The molecule has 1 atom stereocenters. The average molecular weight is 414 g/mol. The normalized spacial score (nSPS) is 18.6. The van der Waals surface area contributed by atoms with Crippen molar-refractivity contribution in [1.29, 1.82) is 0 Å². The number of carbonyl (C=O) groups is 2. The molecule has 3 aromatic rings. The summed E-state index contributed by atoms with van der Waals surface area (Å²) in [6.07, 6.45) is 1.44. The van der Waals surface area contributed by atoms with Crippen molar-refractivity contribution in [1.82, 2.24) is 0 Å². The van der Waals surface area contributed by atoms with Gasteiger partial charge in [0.2, 0.25) is 0 Å². The molecular formula is C21H13Cl2NO4. The molecule has 2 heterocycles. The molecule has 0 aliphatic carbocycles. The van der Waals surface area contributed by atoms with Gasteiger partial charge in [0, 0.05) is 21.3 Å². The van der Waals surface area contributed by atoms with Gasteiger partial charge in [0.15, 0.2) is 0 Å². The third-order valence-corrected chi connectivity index (χ3v) is 4.98. The van der Waals surface area contributed by atoms with E-state index in [4.69, 9.17) is 27.6 Å². The van der Waals surface area contributed by atoms with Crippen molar-refractivity contribution >= 4 is 46.3 Å². The van der Waals surface area contributed by atoms with Crippen molar-refractivity contribution in [3.05, 3.63) is 93.9 Å². The van der Waals surface area contributed by atoms with Crippen LogP contribution in [0.1, 0.15) is 17.4 Å². The third kappa shape index (κ3) is 3.09. The first-order valence-electron chi connectivity index (χ1n) is 8.33. The number of furan rings is 1. The minimum atomic E-state index is -0.910. The van der Waals surface area contributed by atoms with Gasteiger partial charge in [-0.2, -0.15) is 0 Å².